The molecule has 0 spiro atoms. The summed E-state index contributed by atoms with van der Waals surface area (Å²) < 4.78 is 41.5. The summed E-state index contributed by atoms with van der Waals surface area (Å²) in [6.07, 6.45) is -0.822. The number of benzene rings is 1. The first kappa shape index (κ1) is 15.3. The van der Waals surface area contributed by atoms with E-state index in [1.807, 2.05) is 13.8 Å². The van der Waals surface area contributed by atoms with Crippen molar-refractivity contribution in [3.8, 4) is 0 Å². The average molecular weight is 280 g/mol. The molecule has 18 heavy (non-hydrogen) atoms. The normalized spacial score (nSPS) is 13.9. The van der Waals surface area contributed by atoms with Gasteiger partial charge in [-0.05, 0) is 43.3 Å². The smallest absolute Gasteiger partial charge is 0.386 e. The van der Waals surface area contributed by atoms with Crippen LogP contribution < -0.4 is 0 Å². The van der Waals surface area contributed by atoms with Crippen LogP contribution in [0.2, 0.25) is 0 Å². The summed E-state index contributed by atoms with van der Waals surface area (Å²) in [5.41, 5.74) is -3.75. The van der Waals surface area contributed by atoms with Crippen LogP contribution in [0.5, 0.6) is 0 Å². The van der Waals surface area contributed by atoms with Crippen molar-refractivity contribution in [3.63, 3.8) is 0 Å². The molecule has 0 fully saturated rings. The van der Waals surface area contributed by atoms with Crippen molar-refractivity contribution in [1.29, 1.82) is 0 Å². The van der Waals surface area contributed by atoms with Crippen molar-refractivity contribution < 1.29 is 23.0 Å². The predicted octanol–water partition coefficient (Wildman–Crippen LogP) is 3.76. The molecule has 1 atom stereocenters. The zero-order chi connectivity index (χ0) is 13.8. The number of rotatable bonds is 5. The number of thioether (sulfide) groups is 1. The molecule has 2 nitrogen and oxygen atoms in total. The van der Waals surface area contributed by atoms with E-state index in [9.17, 15) is 18.3 Å². The molecular weight excluding hydrogens is 265 g/mol. The zero-order valence-electron chi connectivity index (χ0n) is 10.1. The van der Waals surface area contributed by atoms with Crippen LogP contribution in [0.3, 0.4) is 0 Å². The van der Waals surface area contributed by atoms with Gasteiger partial charge in [-0.15, -0.1) is 0 Å². The molecule has 102 valence electrons. The van der Waals surface area contributed by atoms with Gasteiger partial charge < -0.3 is 9.84 Å². The van der Waals surface area contributed by atoms with Crippen molar-refractivity contribution in [3.05, 3.63) is 29.8 Å². The number of ether oxygens (including phenoxy) is 1. The first-order valence-corrected chi connectivity index (χ1v) is 6.25. The number of aliphatic hydroxyl groups excluding tert-OH is 1. The Morgan fingerprint density at radius 1 is 1.22 bits per heavy atom. The molecule has 1 unspecified atom stereocenters. The number of aliphatic hydroxyl groups is 1. The molecule has 1 N–H and O–H groups in total. The fraction of sp³-hybridized carbons (Fsp3) is 0.500. The van der Waals surface area contributed by atoms with E-state index >= 15 is 0 Å². The van der Waals surface area contributed by atoms with Crippen LogP contribution in [0.1, 0.15) is 25.5 Å². The molecule has 6 heteroatoms. The second kappa shape index (κ2) is 6.45. The molecule has 0 aliphatic carbocycles. The molecule has 0 heterocycles. The summed E-state index contributed by atoms with van der Waals surface area (Å²) in [6.45, 7) is 3.81. The first-order chi connectivity index (χ1) is 8.28. The Bertz CT molecular complexity index is 363. The maximum Gasteiger partial charge on any atom is 0.446 e. The Balaban J connectivity index is 2.59. The SMILES string of the molecule is CC(C)OCC(O)c1ccc(SC(F)(F)F)cc1. The van der Waals surface area contributed by atoms with Gasteiger partial charge in [0.15, 0.2) is 0 Å². The summed E-state index contributed by atoms with van der Waals surface area (Å²) in [5.74, 6) is 0. The molecule has 0 aliphatic heterocycles. The minimum absolute atomic E-state index is 0.000270. The van der Waals surface area contributed by atoms with Gasteiger partial charge in [-0.25, -0.2) is 0 Å². The Hall–Kier alpha value is -0.720. The van der Waals surface area contributed by atoms with Crippen molar-refractivity contribution >= 4 is 11.8 Å². The largest absolute Gasteiger partial charge is 0.446 e. The van der Waals surface area contributed by atoms with Gasteiger partial charge in [0.25, 0.3) is 0 Å². The number of halogens is 3. The van der Waals surface area contributed by atoms with Crippen LogP contribution in [0.15, 0.2) is 29.2 Å². The lowest BCUT2D eigenvalue weighted by Crippen LogP contribution is -2.11. The molecule has 1 rings (SSSR count). The Kier molecular flexibility index (Phi) is 5.49. The van der Waals surface area contributed by atoms with E-state index in [1.165, 1.54) is 24.3 Å². The molecule has 0 aromatic heterocycles. The highest BCUT2D eigenvalue weighted by Crippen LogP contribution is 2.37. The molecule has 0 aliphatic rings. The number of hydrogen-bond acceptors (Lipinski definition) is 3. The molecule has 0 amide bonds. The predicted molar refractivity (Wildman–Crippen MR) is 64.4 cm³/mol. The summed E-state index contributed by atoms with van der Waals surface area (Å²) in [5, 5.41) is 9.74. The van der Waals surface area contributed by atoms with Gasteiger partial charge in [-0.3, -0.25) is 0 Å². The van der Waals surface area contributed by atoms with Crippen molar-refractivity contribution in [2.24, 2.45) is 0 Å². The maximum absolute atomic E-state index is 12.1. The van der Waals surface area contributed by atoms with Crippen LogP contribution in [0, 0.1) is 0 Å². The van der Waals surface area contributed by atoms with Gasteiger partial charge in [0.1, 0.15) is 6.10 Å². The summed E-state index contributed by atoms with van der Waals surface area (Å²) in [6, 6.07) is 5.63. The standard InChI is InChI=1S/C12H15F3O2S/c1-8(2)17-7-11(16)9-3-5-10(6-4-9)18-12(13,14)15/h3-6,8,11,16H,7H2,1-2H3. The zero-order valence-corrected chi connectivity index (χ0v) is 10.9. The topological polar surface area (TPSA) is 29.5 Å². The lowest BCUT2D eigenvalue weighted by molar-refractivity contribution is -0.0328. The summed E-state index contributed by atoms with van der Waals surface area (Å²) in [4.78, 5) is 0.100. The minimum atomic E-state index is -4.29. The second-order valence-corrected chi connectivity index (χ2v) is 5.15. The molecule has 0 saturated heterocycles. The molecular formula is C12H15F3O2S. The van der Waals surface area contributed by atoms with Crippen molar-refractivity contribution in [1.82, 2.24) is 0 Å². The monoisotopic (exact) mass is 280 g/mol. The van der Waals surface area contributed by atoms with E-state index in [-0.39, 0.29) is 29.4 Å². The van der Waals surface area contributed by atoms with Crippen LogP contribution in [-0.2, 0) is 4.74 Å². The van der Waals surface area contributed by atoms with E-state index in [0.29, 0.717) is 5.56 Å². The minimum Gasteiger partial charge on any atom is -0.386 e. The lowest BCUT2D eigenvalue weighted by Gasteiger charge is -2.14. The fourth-order valence-electron chi connectivity index (χ4n) is 1.27. The highest BCUT2D eigenvalue weighted by molar-refractivity contribution is 8.00. The Morgan fingerprint density at radius 2 is 1.78 bits per heavy atom. The molecule has 0 radical (unpaired) electrons. The summed E-state index contributed by atoms with van der Waals surface area (Å²) >= 11 is -0.173. The summed E-state index contributed by atoms with van der Waals surface area (Å²) in [7, 11) is 0. The van der Waals surface area contributed by atoms with Crippen molar-refractivity contribution in [2.45, 2.75) is 36.5 Å². The van der Waals surface area contributed by atoms with Gasteiger partial charge in [-0.2, -0.15) is 13.2 Å². The van der Waals surface area contributed by atoms with E-state index in [2.05, 4.69) is 0 Å². The number of hydrogen-bond donors (Lipinski definition) is 1. The van der Waals surface area contributed by atoms with E-state index < -0.39 is 11.6 Å². The van der Waals surface area contributed by atoms with Crippen LogP contribution in [0.25, 0.3) is 0 Å². The molecule has 0 bridgehead atoms. The Labute approximate surface area is 108 Å². The van der Waals surface area contributed by atoms with E-state index in [1.54, 1.807) is 0 Å². The average Bonchev–Trinajstić information content (AvgIpc) is 2.24. The third-order valence-corrected chi connectivity index (χ3v) is 2.83. The van der Waals surface area contributed by atoms with Crippen LogP contribution >= 0.6 is 11.8 Å². The van der Waals surface area contributed by atoms with E-state index in [4.69, 9.17) is 4.74 Å². The third-order valence-electron chi connectivity index (χ3n) is 2.09. The quantitative estimate of drug-likeness (QED) is 0.833. The van der Waals surface area contributed by atoms with Gasteiger partial charge in [-0.1, -0.05) is 12.1 Å². The molecule has 0 saturated carbocycles. The maximum atomic E-state index is 12.1. The highest BCUT2D eigenvalue weighted by Gasteiger charge is 2.29. The van der Waals surface area contributed by atoms with Crippen molar-refractivity contribution in [2.75, 3.05) is 6.61 Å². The molecule has 1 aromatic rings. The second-order valence-electron chi connectivity index (χ2n) is 4.01. The van der Waals surface area contributed by atoms with Gasteiger partial charge in [0.2, 0.25) is 0 Å². The van der Waals surface area contributed by atoms with Gasteiger partial charge >= 0.3 is 5.51 Å². The lowest BCUT2D eigenvalue weighted by atomic mass is 10.1. The fourth-order valence-corrected chi connectivity index (χ4v) is 1.81. The van der Waals surface area contributed by atoms with Crippen LogP contribution in [0.4, 0.5) is 13.2 Å². The molecule has 1 aromatic carbocycles. The van der Waals surface area contributed by atoms with Gasteiger partial charge in [0.05, 0.1) is 12.7 Å². The van der Waals surface area contributed by atoms with Gasteiger partial charge in [0, 0.05) is 4.90 Å². The number of alkyl halides is 3. The third kappa shape index (κ3) is 5.75. The van der Waals surface area contributed by atoms with E-state index in [0.717, 1.165) is 0 Å². The highest BCUT2D eigenvalue weighted by atomic mass is 32.2. The van der Waals surface area contributed by atoms with Crippen LogP contribution in [-0.4, -0.2) is 23.3 Å². The Morgan fingerprint density at radius 3 is 2.22 bits per heavy atom. The first-order valence-electron chi connectivity index (χ1n) is 5.43.